The minimum atomic E-state index is -1.53. The van der Waals surface area contributed by atoms with Gasteiger partial charge < -0.3 is 10.2 Å². The maximum atomic E-state index is 10.7. The molecular weight excluding hydrogens is 368 g/mol. The molecule has 0 aromatic heterocycles. The van der Waals surface area contributed by atoms with Gasteiger partial charge in [0.15, 0.2) is 5.92 Å². The summed E-state index contributed by atoms with van der Waals surface area (Å²) in [5.41, 5.74) is 0.815. The second-order valence-corrected chi connectivity index (χ2v) is 2.88. The number of carboxylic acids is 2. The summed E-state index contributed by atoms with van der Waals surface area (Å²) in [6.45, 7) is 1.66. The zero-order valence-electron chi connectivity index (χ0n) is 7.93. The first-order valence-electron chi connectivity index (χ1n) is 3.97. The number of aliphatic carboxylic acids is 2. The van der Waals surface area contributed by atoms with Crippen LogP contribution in [-0.2, 0) is 30.7 Å². The summed E-state index contributed by atoms with van der Waals surface area (Å²) in [6.07, 6.45) is 0. The largest absolute Gasteiger partial charge is 2.00 e. The van der Waals surface area contributed by atoms with Crippen LogP contribution in [0.15, 0.2) is 18.2 Å². The second kappa shape index (κ2) is 5.66. The Kier molecular flexibility index (Phi) is 5.23. The van der Waals surface area contributed by atoms with Crippen molar-refractivity contribution in [2.45, 2.75) is 12.8 Å². The van der Waals surface area contributed by atoms with Gasteiger partial charge in [0.25, 0.3) is 0 Å². The van der Waals surface area contributed by atoms with Crippen LogP contribution in [0.2, 0.25) is 0 Å². The fourth-order valence-corrected chi connectivity index (χ4v) is 1.20. The number of rotatable bonds is 3. The molecule has 0 amide bonds. The second-order valence-electron chi connectivity index (χ2n) is 2.88. The first-order chi connectivity index (χ1) is 6.54. The molecule has 1 rings (SSSR count). The minimum Gasteiger partial charge on any atom is -0.480 e. The van der Waals surface area contributed by atoms with E-state index in [1.54, 1.807) is 19.1 Å². The molecule has 0 radical (unpaired) electrons. The molecule has 78 valence electrons. The molecule has 0 fully saturated rings. The van der Waals surface area contributed by atoms with Crippen LogP contribution in [0.1, 0.15) is 17.0 Å². The van der Waals surface area contributed by atoms with Gasteiger partial charge in [-0.05, 0) is 0 Å². The van der Waals surface area contributed by atoms with Crippen LogP contribution >= 0.6 is 0 Å². The standard InChI is InChI=1S/C10H9O4.W/c1-6-4-2-3-5-7(6)8(9(11)12)10(13)14;/h2-4,8H,1H3,(H,11,12)(H,13,14);/q-1;+2. The Labute approximate surface area is 101 Å². The van der Waals surface area contributed by atoms with Gasteiger partial charge >= 0.3 is 33.0 Å². The van der Waals surface area contributed by atoms with E-state index in [-0.39, 0.29) is 26.6 Å². The van der Waals surface area contributed by atoms with Crippen molar-refractivity contribution in [3.8, 4) is 0 Å². The van der Waals surface area contributed by atoms with E-state index < -0.39 is 17.9 Å². The van der Waals surface area contributed by atoms with Crippen LogP contribution in [0.3, 0.4) is 0 Å². The van der Waals surface area contributed by atoms with Crippen LogP contribution in [0.5, 0.6) is 0 Å². The van der Waals surface area contributed by atoms with Crippen molar-refractivity contribution in [1.29, 1.82) is 0 Å². The van der Waals surface area contributed by atoms with E-state index in [9.17, 15) is 9.59 Å². The fourth-order valence-electron chi connectivity index (χ4n) is 1.20. The van der Waals surface area contributed by atoms with Gasteiger partial charge in [-0.3, -0.25) is 9.59 Å². The fraction of sp³-hybridized carbons (Fsp3) is 0.200. The maximum absolute atomic E-state index is 10.7. The van der Waals surface area contributed by atoms with E-state index in [0.29, 0.717) is 5.56 Å². The third-order valence-electron chi connectivity index (χ3n) is 1.89. The Bertz CT molecular complexity index is 361. The van der Waals surface area contributed by atoms with E-state index >= 15 is 0 Å². The molecular formula is C10H9O4W+. The summed E-state index contributed by atoms with van der Waals surface area (Å²) in [7, 11) is 0. The Morgan fingerprint density at radius 1 is 1.33 bits per heavy atom. The number of aryl methyl sites for hydroxylation is 1. The molecule has 1 aromatic rings. The predicted molar refractivity (Wildman–Crippen MR) is 48.0 cm³/mol. The van der Waals surface area contributed by atoms with E-state index in [1.165, 1.54) is 6.07 Å². The molecule has 0 atom stereocenters. The summed E-state index contributed by atoms with van der Waals surface area (Å²) in [4.78, 5) is 21.4. The maximum Gasteiger partial charge on any atom is 2.00 e. The minimum absolute atomic E-state index is 0. The first kappa shape index (κ1) is 13.8. The number of carboxylic acid groups (broad SMARTS) is 2. The number of benzene rings is 1. The zero-order chi connectivity index (χ0) is 10.7. The van der Waals surface area contributed by atoms with Crippen LogP contribution in [-0.4, -0.2) is 22.2 Å². The number of carbonyl (C=O) groups is 2. The average Bonchev–Trinajstić information content (AvgIpc) is 2.07. The Balaban J connectivity index is 0.00000196. The molecule has 0 aliphatic rings. The van der Waals surface area contributed by atoms with Gasteiger partial charge in [-0.2, -0.15) is 29.8 Å². The van der Waals surface area contributed by atoms with Crippen molar-refractivity contribution in [3.63, 3.8) is 0 Å². The van der Waals surface area contributed by atoms with Gasteiger partial charge in [-0.25, -0.2) is 0 Å². The molecule has 4 nitrogen and oxygen atoms in total. The molecule has 0 unspecified atom stereocenters. The van der Waals surface area contributed by atoms with Crippen molar-refractivity contribution in [2.75, 3.05) is 0 Å². The van der Waals surface area contributed by atoms with Gasteiger partial charge in [0.2, 0.25) is 0 Å². The molecule has 1 aromatic carbocycles. The molecule has 0 bridgehead atoms. The molecule has 0 heterocycles. The third kappa shape index (κ3) is 3.17. The summed E-state index contributed by atoms with van der Waals surface area (Å²) in [6, 6.07) is 7.48. The summed E-state index contributed by atoms with van der Waals surface area (Å²) in [5.74, 6) is -4.28. The molecule has 2 N–H and O–H groups in total. The van der Waals surface area contributed by atoms with Gasteiger partial charge in [-0.15, -0.1) is 5.56 Å². The Hall–Kier alpha value is -1.15. The van der Waals surface area contributed by atoms with E-state index in [2.05, 4.69) is 6.07 Å². The summed E-state index contributed by atoms with van der Waals surface area (Å²) >= 11 is 0. The molecule has 0 spiro atoms. The van der Waals surface area contributed by atoms with Crippen LogP contribution < -0.4 is 0 Å². The monoisotopic (exact) mass is 377 g/mol. The summed E-state index contributed by atoms with van der Waals surface area (Å²) < 4.78 is 0. The third-order valence-corrected chi connectivity index (χ3v) is 1.89. The molecule has 0 aliphatic heterocycles. The zero-order valence-corrected chi connectivity index (χ0v) is 10.9. The topological polar surface area (TPSA) is 74.6 Å². The van der Waals surface area contributed by atoms with Gasteiger partial charge in [-0.1, -0.05) is 6.92 Å². The van der Waals surface area contributed by atoms with Gasteiger partial charge in [0.05, 0.1) is 0 Å². The number of hydrogen-bond acceptors (Lipinski definition) is 2. The smallest absolute Gasteiger partial charge is 0.480 e. The van der Waals surface area contributed by atoms with Crippen LogP contribution in [0.4, 0.5) is 0 Å². The first-order valence-corrected chi connectivity index (χ1v) is 3.97. The summed E-state index contributed by atoms with van der Waals surface area (Å²) in [5, 5.41) is 17.4. The van der Waals surface area contributed by atoms with E-state index in [4.69, 9.17) is 10.2 Å². The molecule has 0 saturated carbocycles. The van der Waals surface area contributed by atoms with Crippen molar-refractivity contribution >= 4 is 11.9 Å². The normalized spacial score (nSPS) is 9.47. The van der Waals surface area contributed by atoms with Gasteiger partial charge in [0, 0.05) is 0 Å². The average molecular weight is 377 g/mol. The predicted octanol–water partition coefficient (Wildman–Crippen LogP) is 1.05. The van der Waals surface area contributed by atoms with E-state index in [0.717, 1.165) is 0 Å². The van der Waals surface area contributed by atoms with Crippen LogP contribution in [0.25, 0.3) is 0 Å². The van der Waals surface area contributed by atoms with Crippen molar-refractivity contribution < 1.29 is 40.9 Å². The SMILES string of the molecule is Cc1ccc[c-]c1C(C(=O)O)C(=O)O.[W+2]. The Morgan fingerprint density at radius 3 is 2.27 bits per heavy atom. The molecule has 0 saturated heterocycles. The van der Waals surface area contributed by atoms with Crippen molar-refractivity contribution in [2.24, 2.45) is 0 Å². The van der Waals surface area contributed by atoms with Gasteiger partial charge in [0.1, 0.15) is 0 Å². The Morgan fingerprint density at radius 2 is 1.87 bits per heavy atom. The quantitative estimate of drug-likeness (QED) is 0.610. The molecule has 15 heavy (non-hydrogen) atoms. The molecule has 0 aliphatic carbocycles. The van der Waals surface area contributed by atoms with E-state index in [1.807, 2.05) is 0 Å². The van der Waals surface area contributed by atoms with Crippen molar-refractivity contribution in [1.82, 2.24) is 0 Å². The van der Waals surface area contributed by atoms with Crippen LogP contribution in [0, 0.1) is 13.0 Å². The number of hydrogen-bond donors (Lipinski definition) is 2. The van der Waals surface area contributed by atoms with Crippen molar-refractivity contribution in [3.05, 3.63) is 35.4 Å². The molecule has 5 heteroatoms.